The van der Waals surface area contributed by atoms with Gasteiger partial charge in [-0.05, 0) is 17.7 Å². The van der Waals surface area contributed by atoms with Crippen molar-refractivity contribution in [3.63, 3.8) is 0 Å². The summed E-state index contributed by atoms with van der Waals surface area (Å²) in [6, 6.07) is 7.19. The normalized spacial score (nSPS) is 12.2. The third-order valence-electron chi connectivity index (χ3n) is 2.55. The van der Waals surface area contributed by atoms with Crippen LogP contribution in [0.15, 0.2) is 24.3 Å². The number of methoxy groups -OCH3 is 2. The summed E-state index contributed by atoms with van der Waals surface area (Å²) in [7, 11) is 3.18. The van der Waals surface area contributed by atoms with Gasteiger partial charge < -0.3 is 14.8 Å². The van der Waals surface area contributed by atoms with E-state index >= 15 is 0 Å². The van der Waals surface area contributed by atoms with E-state index in [0.29, 0.717) is 24.6 Å². The minimum Gasteiger partial charge on any atom is -0.382 e. The summed E-state index contributed by atoms with van der Waals surface area (Å²) in [4.78, 5) is 11.8. The SMILES string of the molecule is COCC(CNC(=O)c1ccc(CCl)cc1)OC. The molecule has 0 saturated heterocycles. The van der Waals surface area contributed by atoms with Crippen molar-refractivity contribution in [2.24, 2.45) is 0 Å². The second kappa shape index (κ2) is 8.08. The number of benzene rings is 1. The van der Waals surface area contributed by atoms with Gasteiger partial charge in [0.05, 0.1) is 12.7 Å². The van der Waals surface area contributed by atoms with Gasteiger partial charge in [0.15, 0.2) is 0 Å². The Bertz CT molecular complexity index is 367. The lowest BCUT2D eigenvalue weighted by molar-refractivity contribution is 0.0285. The molecule has 5 heteroatoms. The van der Waals surface area contributed by atoms with Crippen LogP contribution in [-0.4, -0.2) is 39.4 Å². The number of carbonyl (C=O) groups excluding carboxylic acids is 1. The Balaban J connectivity index is 2.48. The van der Waals surface area contributed by atoms with Crippen molar-refractivity contribution >= 4 is 17.5 Å². The molecule has 1 unspecified atom stereocenters. The zero-order valence-corrected chi connectivity index (χ0v) is 11.4. The molecule has 1 aromatic carbocycles. The highest BCUT2D eigenvalue weighted by atomic mass is 35.5. The smallest absolute Gasteiger partial charge is 0.251 e. The van der Waals surface area contributed by atoms with Gasteiger partial charge >= 0.3 is 0 Å². The van der Waals surface area contributed by atoms with Crippen molar-refractivity contribution < 1.29 is 14.3 Å². The predicted octanol–water partition coefficient (Wildman–Crippen LogP) is 1.82. The largest absolute Gasteiger partial charge is 0.382 e. The zero-order valence-electron chi connectivity index (χ0n) is 10.6. The van der Waals surface area contributed by atoms with Crippen LogP contribution in [0.25, 0.3) is 0 Å². The van der Waals surface area contributed by atoms with Crippen LogP contribution in [0.4, 0.5) is 0 Å². The molecule has 4 nitrogen and oxygen atoms in total. The molecule has 1 aromatic rings. The molecule has 1 atom stereocenters. The standard InChI is InChI=1S/C13H18ClNO3/c1-17-9-12(18-2)8-15-13(16)11-5-3-10(7-14)4-6-11/h3-6,12H,7-9H2,1-2H3,(H,15,16). The quantitative estimate of drug-likeness (QED) is 0.770. The van der Waals surface area contributed by atoms with Gasteiger partial charge in [0.2, 0.25) is 0 Å². The summed E-state index contributed by atoms with van der Waals surface area (Å²) in [6.07, 6.45) is -0.138. The maximum atomic E-state index is 11.8. The van der Waals surface area contributed by atoms with Crippen molar-refractivity contribution in [2.75, 3.05) is 27.4 Å². The molecule has 0 aliphatic rings. The number of hydrogen-bond donors (Lipinski definition) is 1. The van der Waals surface area contributed by atoms with Crippen molar-refractivity contribution in [1.29, 1.82) is 0 Å². The van der Waals surface area contributed by atoms with E-state index in [9.17, 15) is 4.79 Å². The van der Waals surface area contributed by atoms with Gasteiger partial charge in [-0.3, -0.25) is 4.79 Å². The molecule has 0 aliphatic carbocycles. The number of halogens is 1. The number of hydrogen-bond acceptors (Lipinski definition) is 3. The van der Waals surface area contributed by atoms with Gasteiger partial charge in [-0.25, -0.2) is 0 Å². The molecule has 100 valence electrons. The third kappa shape index (κ3) is 4.64. The lowest BCUT2D eigenvalue weighted by Gasteiger charge is -2.15. The molecule has 0 heterocycles. The fourth-order valence-electron chi connectivity index (χ4n) is 1.45. The summed E-state index contributed by atoms with van der Waals surface area (Å²) in [5.41, 5.74) is 1.60. The van der Waals surface area contributed by atoms with E-state index in [0.717, 1.165) is 5.56 Å². The van der Waals surface area contributed by atoms with Gasteiger partial charge in [0.1, 0.15) is 0 Å². The average molecular weight is 272 g/mol. The van der Waals surface area contributed by atoms with Crippen LogP contribution in [0.3, 0.4) is 0 Å². The van der Waals surface area contributed by atoms with Crippen LogP contribution in [-0.2, 0) is 15.4 Å². The summed E-state index contributed by atoms with van der Waals surface area (Å²) < 4.78 is 10.1. The predicted molar refractivity (Wildman–Crippen MR) is 71.0 cm³/mol. The van der Waals surface area contributed by atoms with E-state index in [1.54, 1.807) is 26.4 Å². The first kappa shape index (κ1) is 15.0. The number of rotatable bonds is 7. The Morgan fingerprint density at radius 2 is 2.00 bits per heavy atom. The van der Waals surface area contributed by atoms with Gasteiger partial charge in [-0.2, -0.15) is 0 Å². The second-order valence-corrected chi connectivity index (χ2v) is 4.12. The maximum Gasteiger partial charge on any atom is 0.251 e. The topological polar surface area (TPSA) is 47.6 Å². The molecule has 1 N–H and O–H groups in total. The molecular formula is C13H18ClNO3. The fourth-order valence-corrected chi connectivity index (χ4v) is 1.63. The lowest BCUT2D eigenvalue weighted by atomic mass is 10.1. The highest BCUT2D eigenvalue weighted by Gasteiger charge is 2.10. The highest BCUT2D eigenvalue weighted by Crippen LogP contribution is 2.06. The van der Waals surface area contributed by atoms with E-state index in [-0.39, 0.29) is 12.0 Å². The zero-order chi connectivity index (χ0) is 13.4. The minimum absolute atomic E-state index is 0.130. The Morgan fingerprint density at radius 3 is 2.50 bits per heavy atom. The minimum atomic E-state index is -0.138. The van der Waals surface area contributed by atoms with Crippen molar-refractivity contribution in [3.8, 4) is 0 Å². The molecule has 0 saturated carbocycles. The van der Waals surface area contributed by atoms with E-state index in [2.05, 4.69) is 5.32 Å². The van der Waals surface area contributed by atoms with Crippen LogP contribution >= 0.6 is 11.6 Å². The Labute approximate surface area is 112 Å². The molecule has 0 aliphatic heterocycles. The monoisotopic (exact) mass is 271 g/mol. The van der Waals surface area contributed by atoms with Gasteiger partial charge in [0.25, 0.3) is 5.91 Å². The lowest BCUT2D eigenvalue weighted by Crippen LogP contribution is -2.35. The Hall–Kier alpha value is -1.10. The van der Waals surface area contributed by atoms with Gasteiger partial charge in [-0.15, -0.1) is 11.6 Å². The van der Waals surface area contributed by atoms with Gasteiger partial charge in [0, 0.05) is 32.2 Å². The fraction of sp³-hybridized carbons (Fsp3) is 0.462. The number of amides is 1. The first-order chi connectivity index (χ1) is 8.71. The molecule has 0 aromatic heterocycles. The summed E-state index contributed by atoms with van der Waals surface area (Å²) in [5, 5.41) is 2.80. The van der Waals surface area contributed by atoms with Crippen molar-refractivity contribution in [3.05, 3.63) is 35.4 Å². The van der Waals surface area contributed by atoms with Crippen LogP contribution in [0, 0.1) is 0 Å². The Morgan fingerprint density at radius 1 is 1.33 bits per heavy atom. The third-order valence-corrected chi connectivity index (χ3v) is 2.86. The summed E-state index contributed by atoms with van der Waals surface area (Å²) >= 11 is 5.68. The molecule has 0 fully saturated rings. The maximum absolute atomic E-state index is 11.8. The summed E-state index contributed by atoms with van der Waals surface area (Å²) in [5.74, 6) is 0.316. The van der Waals surface area contributed by atoms with Crippen LogP contribution in [0.1, 0.15) is 15.9 Å². The van der Waals surface area contributed by atoms with E-state index in [1.165, 1.54) is 0 Å². The molecule has 1 amide bonds. The first-order valence-corrected chi connectivity index (χ1v) is 6.19. The van der Waals surface area contributed by atoms with E-state index in [1.807, 2.05) is 12.1 Å². The van der Waals surface area contributed by atoms with Crippen LogP contribution < -0.4 is 5.32 Å². The molecule has 0 radical (unpaired) electrons. The van der Waals surface area contributed by atoms with Crippen LogP contribution in [0.5, 0.6) is 0 Å². The van der Waals surface area contributed by atoms with E-state index < -0.39 is 0 Å². The molecule has 0 bridgehead atoms. The van der Waals surface area contributed by atoms with Crippen LogP contribution in [0.2, 0.25) is 0 Å². The number of alkyl halides is 1. The second-order valence-electron chi connectivity index (χ2n) is 3.85. The average Bonchev–Trinajstić information content (AvgIpc) is 2.43. The van der Waals surface area contributed by atoms with Crippen molar-refractivity contribution in [2.45, 2.75) is 12.0 Å². The number of nitrogens with one attached hydrogen (secondary N) is 1. The first-order valence-electron chi connectivity index (χ1n) is 5.66. The van der Waals surface area contributed by atoms with Gasteiger partial charge in [-0.1, -0.05) is 12.1 Å². The number of ether oxygens (including phenoxy) is 2. The molecular weight excluding hydrogens is 254 g/mol. The highest BCUT2D eigenvalue weighted by molar-refractivity contribution is 6.17. The molecule has 0 spiro atoms. The van der Waals surface area contributed by atoms with E-state index in [4.69, 9.17) is 21.1 Å². The van der Waals surface area contributed by atoms with Crippen molar-refractivity contribution in [1.82, 2.24) is 5.32 Å². The molecule has 1 rings (SSSR count). The molecule has 18 heavy (non-hydrogen) atoms. The Kier molecular flexibility index (Phi) is 6.72. The summed E-state index contributed by atoms with van der Waals surface area (Å²) in [6.45, 7) is 0.863. The number of carbonyl (C=O) groups is 1.